The highest BCUT2D eigenvalue weighted by atomic mass is 19.1. The largest absolute Gasteiger partial charge is 0.441 e. The van der Waals surface area contributed by atoms with Crippen LogP contribution in [0.5, 0.6) is 0 Å². The van der Waals surface area contributed by atoms with Gasteiger partial charge in [0, 0.05) is 54.9 Å². The molecule has 0 aromatic heterocycles. The average molecular weight is 446 g/mol. The van der Waals surface area contributed by atoms with Gasteiger partial charge >= 0.3 is 6.09 Å². The van der Waals surface area contributed by atoms with Crippen LogP contribution in [0.2, 0.25) is 0 Å². The smallest absolute Gasteiger partial charge is 0.410 e. The lowest BCUT2D eigenvalue weighted by atomic mass is 9.92. The van der Waals surface area contributed by atoms with Crippen LogP contribution in [-0.2, 0) is 4.74 Å². The number of benzene rings is 1. The molecule has 0 bridgehead atoms. The minimum atomic E-state index is -1.14. The number of nitrogens with zero attached hydrogens (tertiary/aromatic N) is 3. The number of allylic oxidation sites excluding steroid dienone is 4. The summed E-state index contributed by atoms with van der Waals surface area (Å²) in [5.41, 5.74) is 2.58. The molecule has 0 radical (unpaired) electrons. The van der Waals surface area contributed by atoms with Crippen LogP contribution in [-0.4, -0.2) is 60.1 Å². The molecule has 1 aromatic rings. The molecule has 1 fully saturated rings. The molecule has 174 valence electrons. The molecule has 2 rings (SSSR count). The quantitative estimate of drug-likeness (QED) is 0.405. The molecule has 32 heavy (non-hydrogen) atoms. The Hall–Kier alpha value is -2.96. The summed E-state index contributed by atoms with van der Waals surface area (Å²) >= 11 is 0. The van der Waals surface area contributed by atoms with E-state index in [0.29, 0.717) is 31.7 Å². The van der Waals surface area contributed by atoms with Crippen molar-refractivity contribution >= 4 is 17.4 Å². The van der Waals surface area contributed by atoms with Crippen LogP contribution in [0.25, 0.3) is 5.57 Å². The molecule has 7 heteroatoms. The molecule has 1 amide bonds. The molecule has 1 heterocycles. The number of aliphatic imine (C=N–C) groups is 1. The molecule has 5 nitrogen and oxygen atoms in total. The molecular weight excluding hydrogens is 412 g/mol. The minimum absolute atomic E-state index is 0.305. The third-order valence-electron chi connectivity index (χ3n) is 5.43. The maximum absolute atomic E-state index is 14.6. The lowest BCUT2D eigenvalue weighted by molar-refractivity contribution is -0.00665. The molecule has 1 aromatic carbocycles. The summed E-state index contributed by atoms with van der Waals surface area (Å²) in [5.74, 6) is -0.305. The number of amides is 1. The Morgan fingerprint density at radius 1 is 1.19 bits per heavy atom. The molecule has 1 aliphatic heterocycles. The van der Waals surface area contributed by atoms with Gasteiger partial charge in [-0.3, -0.25) is 4.99 Å². The number of hydrogen-bond donors (Lipinski definition) is 0. The second-order valence-corrected chi connectivity index (χ2v) is 8.28. The molecule has 0 spiro atoms. The van der Waals surface area contributed by atoms with Gasteiger partial charge in [0.05, 0.1) is 0 Å². The summed E-state index contributed by atoms with van der Waals surface area (Å²) in [7, 11) is 0. The molecule has 0 aliphatic carbocycles. The number of rotatable bonds is 7. The van der Waals surface area contributed by atoms with E-state index in [1.807, 2.05) is 26.8 Å². The second kappa shape index (κ2) is 11.1. The van der Waals surface area contributed by atoms with Gasteiger partial charge in [-0.2, -0.15) is 0 Å². The van der Waals surface area contributed by atoms with Crippen LogP contribution in [0.15, 0.2) is 59.4 Å². The van der Waals surface area contributed by atoms with E-state index in [9.17, 15) is 13.6 Å². The van der Waals surface area contributed by atoms with Crippen molar-refractivity contribution in [3.8, 4) is 0 Å². The van der Waals surface area contributed by atoms with Crippen molar-refractivity contribution in [3.63, 3.8) is 0 Å². The molecule has 0 N–H and O–H groups in total. The molecule has 0 atom stereocenters. The van der Waals surface area contributed by atoms with Gasteiger partial charge in [0.15, 0.2) is 0 Å². The zero-order chi connectivity index (χ0) is 23.9. The summed E-state index contributed by atoms with van der Waals surface area (Å²) in [6, 6.07) is 6.66. The summed E-state index contributed by atoms with van der Waals surface area (Å²) in [6.45, 7) is 13.8. The van der Waals surface area contributed by atoms with Crippen molar-refractivity contribution in [1.29, 1.82) is 0 Å². The fraction of sp³-hybridized carbons (Fsp3) is 0.440. The van der Waals surface area contributed by atoms with Gasteiger partial charge in [0.1, 0.15) is 18.1 Å². The SMILES string of the molecule is C=CN=C(C)C(/C(=C\C)c1ccccc1F)=C(\C)N1CCN(C(=O)OC(C)(C)CF)CC1. The van der Waals surface area contributed by atoms with Gasteiger partial charge in [-0.25, -0.2) is 13.6 Å². The van der Waals surface area contributed by atoms with Crippen LogP contribution < -0.4 is 0 Å². The average Bonchev–Trinajstić information content (AvgIpc) is 2.77. The number of carbonyl (C=O) groups excluding carboxylic acids is 1. The molecule has 1 saturated heterocycles. The van der Waals surface area contributed by atoms with Gasteiger partial charge in [-0.1, -0.05) is 30.9 Å². The van der Waals surface area contributed by atoms with Crippen molar-refractivity contribution in [2.75, 3.05) is 32.9 Å². The Bertz CT molecular complexity index is 927. The first-order valence-corrected chi connectivity index (χ1v) is 10.7. The lowest BCUT2D eigenvalue weighted by Gasteiger charge is -2.38. The van der Waals surface area contributed by atoms with Gasteiger partial charge in [0.2, 0.25) is 0 Å². The maximum Gasteiger partial charge on any atom is 0.410 e. The highest BCUT2D eigenvalue weighted by Gasteiger charge is 2.29. The zero-order valence-corrected chi connectivity index (χ0v) is 19.6. The molecule has 0 saturated carbocycles. The van der Waals surface area contributed by atoms with Gasteiger partial charge in [0.25, 0.3) is 0 Å². The monoisotopic (exact) mass is 445 g/mol. The van der Waals surface area contributed by atoms with Crippen LogP contribution in [0.3, 0.4) is 0 Å². The normalized spacial score (nSPS) is 16.6. The van der Waals surface area contributed by atoms with E-state index in [0.717, 1.165) is 22.6 Å². The van der Waals surface area contributed by atoms with E-state index in [2.05, 4.69) is 16.5 Å². The highest BCUT2D eigenvalue weighted by molar-refractivity contribution is 6.12. The predicted molar refractivity (Wildman–Crippen MR) is 126 cm³/mol. The number of halogens is 2. The van der Waals surface area contributed by atoms with E-state index in [1.165, 1.54) is 12.3 Å². The second-order valence-electron chi connectivity index (χ2n) is 8.28. The molecular formula is C25H33F2N3O2. The Morgan fingerprint density at radius 3 is 2.31 bits per heavy atom. The predicted octanol–water partition coefficient (Wildman–Crippen LogP) is 5.61. The molecule has 1 aliphatic rings. The van der Waals surface area contributed by atoms with E-state index < -0.39 is 18.4 Å². The van der Waals surface area contributed by atoms with Crippen LogP contribution in [0.4, 0.5) is 13.6 Å². The van der Waals surface area contributed by atoms with Crippen molar-refractivity contribution in [3.05, 3.63) is 65.8 Å². The Balaban J connectivity index is 2.32. The number of carbonyl (C=O) groups is 1. The number of piperazine rings is 1. The van der Waals surface area contributed by atoms with Crippen molar-refractivity contribution in [2.24, 2.45) is 4.99 Å². The van der Waals surface area contributed by atoms with Crippen LogP contribution >= 0.6 is 0 Å². The summed E-state index contributed by atoms with van der Waals surface area (Å²) < 4.78 is 32.9. The highest BCUT2D eigenvalue weighted by Crippen LogP contribution is 2.30. The number of ether oxygens (including phenoxy) is 1. The standard InChI is InChI=1S/C25H33F2N3O2/c1-7-20(21-11-9-10-12-22(21)27)23(18(3)28-8-2)19(4)29-13-15-30(16-14-29)24(31)32-25(5,6)17-26/h7-12H,2,13-17H2,1,3-6H3/b20-7-,23-19-,28-18?. The third-order valence-corrected chi connectivity index (χ3v) is 5.43. The fourth-order valence-corrected chi connectivity index (χ4v) is 3.68. The van der Waals surface area contributed by atoms with E-state index in [4.69, 9.17) is 4.74 Å². The van der Waals surface area contributed by atoms with Crippen molar-refractivity contribution in [1.82, 2.24) is 9.80 Å². The summed E-state index contributed by atoms with van der Waals surface area (Å²) in [5, 5.41) is 0. The number of alkyl halides is 1. The third kappa shape index (κ3) is 6.05. The first kappa shape index (κ1) is 25.3. The van der Waals surface area contributed by atoms with Gasteiger partial charge in [-0.05, 0) is 46.3 Å². The van der Waals surface area contributed by atoms with E-state index in [-0.39, 0.29) is 5.82 Å². The Labute approximate surface area is 189 Å². The minimum Gasteiger partial charge on any atom is -0.441 e. The lowest BCUT2D eigenvalue weighted by Crippen LogP contribution is -2.50. The van der Waals surface area contributed by atoms with E-state index in [1.54, 1.807) is 36.9 Å². The zero-order valence-electron chi connectivity index (χ0n) is 19.6. The Morgan fingerprint density at radius 2 is 1.78 bits per heavy atom. The number of hydrogen-bond acceptors (Lipinski definition) is 4. The van der Waals surface area contributed by atoms with Gasteiger partial charge < -0.3 is 14.5 Å². The van der Waals surface area contributed by atoms with Crippen LogP contribution in [0, 0.1) is 5.82 Å². The first-order chi connectivity index (χ1) is 15.1. The summed E-state index contributed by atoms with van der Waals surface area (Å²) in [4.78, 5) is 20.5. The van der Waals surface area contributed by atoms with Crippen molar-refractivity contribution < 1.29 is 18.3 Å². The summed E-state index contributed by atoms with van der Waals surface area (Å²) in [6.07, 6.45) is 2.84. The Kier molecular flexibility index (Phi) is 8.75. The van der Waals surface area contributed by atoms with E-state index >= 15 is 0 Å². The first-order valence-electron chi connectivity index (χ1n) is 10.7. The maximum atomic E-state index is 14.6. The molecule has 0 unspecified atom stereocenters. The fourth-order valence-electron chi connectivity index (χ4n) is 3.68. The van der Waals surface area contributed by atoms with Crippen LogP contribution in [0.1, 0.15) is 40.2 Å². The van der Waals surface area contributed by atoms with Crippen molar-refractivity contribution in [2.45, 2.75) is 40.2 Å². The topological polar surface area (TPSA) is 45.1 Å². The van der Waals surface area contributed by atoms with Gasteiger partial charge in [-0.15, -0.1) is 0 Å².